The summed E-state index contributed by atoms with van der Waals surface area (Å²) in [7, 11) is 0. The van der Waals surface area contributed by atoms with Crippen LogP contribution in [0.3, 0.4) is 0 Å². The molecule has 2 fully saturated rings. The van der Waals surface area contributed by atoms with Crippen molar-refractivity contribution in [3.63, 3.8) is 0 Å². The molecule has 2 aliphatic heterocycles. The first-order valence-corrected chi connectivity index (χ1v) is 4.27. The third-order valence-electron chi connectivity index (χ3n) is 2.85. The lowest BCUT2D eigenvalue weighted by atomic mass is 10.1. The fraction of sp³-hybridized carbons (Fsp3) is 0.875. The van der Waals surface area contributed by atoms with Crippen molar-refractivity contribution in [2.75, 3.05) is 19.6 Å². The van der Waals surface area contributed by atoms with Gasteiger partial charge in [0.1, 0.15) is 0 Å². The Morgan fingerprint density at radius 1 is 1.55 bits per heavy atom. The maximum absolute atomic E-state index is 11.1. The predicted molar refractivity (Wildman–Crippen MR) is 42.2 cm³/mol. The summed E-state index contributed by atoms with van der Waals surface area (Å²) in [6.07, 6.45) is 1.19. The molecule has 1 amide bonds. The van der Waals surface area contributed by atoms with E-state index in [0.29, 0.717) is 6.04 Å². The Labute approximate surface area is 66.8 Å². The molecule has 0 aromatic rings. The van der Waals surface area contributed by atoms with E-state index < -0.39 is 0 Å². The molecule has 3 nitrogen and oxygen atoms in total. The highest BCUT2D eigenvalue weighted by Crippen LogP contribution is 2.26. The standard InChI is InChI=1S/C8H14N2O/c1-6(11)10-3-2-7-4-9-5-8(7)10/h7-9H,2-5H2,1H3. The number of nitrogens with one attached hydrogen (secondary N) is 1. The van der Waals surface area contributed by atoms with E-state index in [1.54, 1.807) is 6.92 Å². The van der Waals surface area contributed by atoms with Crippen molar-refractivity contribution in [2.24, 2.45) is 5.92 Å². The molecule has 2 aliphatic rings. The van der Waals surface area contributed by atoms with E-state index in [1.807, 2.05) is 4.90 Å². The van der Waals surface area contributed by atoms with Gasteiger partial charge in [0.15, 0.2) is 0 Å². The Balaban J connectivity index is 2.08. The Morgan fingerprint density at radius 3 is 3.09 bits per heavy atom. The van der Waals surface area contributed by atoms with Gasteiger partial charge in [0.2, 0.25) is 5.91 Å². The summed E-state index contributed by atoms with van der Waals surface area (Å²) in [6.45, 7) is 4.76. The quantitative estimate of drug-likeness (QED) is 0.525. The molecule has 0 aromatic carbocycles. The molecule has 0 aromatic heterocycles. The Morgan fingerprint density at radius 2 is 2.36 bits per heavy atom. The van der Waals surface area contributed by atoms with Crippen LogP contribution in [0.15, 0.2) is 0 Å². The first-order chi connectivity index (χ1) is 5.29. The minimum atomic E-state index is 0.237. The van der Waals surface area contributed by atoms with Gasteiger partial charge in [-0.3, -0.25) is 4.79 Å². The van der Waals surface area contributed by atoms with Crippen LogP contribution >= 0.6 is 0 Å². The number of fused-ring (bicyclic) bond motifs is 1. The molecule has 0 saturated carbocycles. The molecule has 11 heavy (non-hydrogen) atoms. The average Bonchev–Trinajstić information content (AvgIpc) is 2.41. The summed E-state index contributed by atoms with van der Waals surface area (Å²) < 4.78 is 0. The van der Waals surface area contributed by atoms with Crippen LogP contribution < -0.4 is 5.32 Å². The average molecular weight is 154 g/mol. The van der Waals surface area contributed by atoms with Crippen molar-refractivity contribution < 1.29 is 4.79 Å². The highest BCUT2D eigenvalue weighted by atomic mass is 16.2. The van der Waals surface area contributed by atoms with Crippen LogP contribution in [0.2, 0.25) is 0 Å². The molecule has 3 heteroatoms. The molecule has 62 valence electrons. The van der Waals surface area contributed by atoms with E-state index in [1.165, 1.54) is 6.42 Å². The van der Waals surface area contributed by atoms with Gasteiger partial charge >= 0.3 is 0 Å². The van der Waals surface area contributed by atoms with Crippen LogP contribution in [0, 0.1) is 5.92 Å². The van der Waals surface area contributed by atoms with Gasteiger partial charge < -0.3 is 10.2 Å². The number of amides is 1. The van der Waals surface area contributed by atoms with Gasteiger partial charge in [0.25, 0.3) is 0 Å². The third kappa shape index (κ3) is 1.03. The molecule has 0 radical (unpaired) electrons. The number of carbonyl (C=O) groups is 1. The molecule has 2 saturated heterocycles. The van der Waals surface area contributed by atoms with Gasteiger partial charge in [0.05, 0.1) is 0 Å². The minimum absolute atomic E-state index is 0.237. The van der Waals surface area contributed by atoms with Crippen molar-refractivity contribution in [3.05, 3.63) is 0 Å². The summed E-state index contributed by atoms with van der Waals surface area (Å²) in [6, 6.07) is 0.507. The van der Waals surface area contributed by atoms with Crippen LogP contribution in [0.4, 0.5) is 0 Å². The van der Waals surface area contributed by atoms with Crippen molar-refractivity contribution >= 4 is 5.91 Å². The second-order valence-corrected chi connectivity index (χ2v) is 3.49. The van der Waals surface area contributed by atoms with Crippen LogP contribution in [0.1, 0.15) is 13.3 Å². The van der Waals surface area contributed by atoms with Gasteiger partial charge in [0, 0.05) is 32.6 Å². The van der Waals surface area contributed by atoms with E-state index in [2.05, 4.69) is 5.32 Å². The monoisotopic (exact) mass is 154 g/mol. The molecule has 2 unspecified atom stereocenters. The van der Waals surface area contributed by atoms with Crippen LogP contribution in [0.5, 0.6) is 0 Å². The molecule has 0 aliphatic carbocycles. The number of hydrogen-bond donors (Lipinski definition) is 1. The molecule has 0 spiro atoms. The van der Waals surface area contributed by atoms with Crippen molar-refractivity contribution in [2.45, 2.75) is 19.4 Å². The zero-order valence-corrected chi connectivity index (χ0v) is 6.84. The lowest BCUT2D eigenvalue weighted by molar-refractivity contribution is -0.129. The second kappa shape index (κ2) is 2.48. The number of carbonyl (C=O) groups excluding carboxylic acids is 1. The number of nitrogens with zero attached hydrogens (tertiary/aromatic N) is 1. The normalized spacial score (nSPS) is 35.9. The van der Waals surface area contributed by atoms with E-state index in [4.69, 9.17) is 0 Å². The SMILES string of the molecule is CC(=O)N1CCC2CNCC21. The Bertz CT molecular complexity index is 181. The fourth-order valence-electron chi connectivity index (χ4n) is 2.24. The van der Waals surface area contributed by atoms with Gasteiger partial charge in [-0.2, -0.15) is 0 Å². The Hall–Kier alpha value is -0.570. The van der Waals surface area contributed by atoms with Crippen molar-refractivity contribution in [1.29, 1.82) is 0 Å². The van der Waals surface area contributed by atoms with Crippen molar-refractivity contribution in [3.8, 4) is 0 Å². The zero-order chi connectivity index (χ0) is 7.84. The molecule has 2 atom stereocenters. The number of rotatable bonds is 0. The molecule has 1 N–H and O–H groups in total. The topological polar surface area (TPSA) is 32.3 Å². The molecule has 2 heterocycles. The minimum Gasteiger partial charge on any atom is -0.338 e. The highest BCUT2D eigenvalue weighted by molar-refractivity contribution is 5.74. The second-order valence-electron chi connectivity index (χ2n) is 3.49. The lowest BCUT2D eigenvalue weighted by Gasteiger charge is -2.21. The smallest absolute Gasteiger partial charge is 0.219 e. The number of hydrogen-bond acceptors (Lipinski definition) is 2. The largest absolute Gasteiger partial charge is 0.338 e. The van der Waals surface area contributed by atoms with Crippen LogP contribution in [0.25, 0.3) is 0 Å². The molecular weight excluding hydrogens is 140 g/mol. The maximum Gasteiger partial charge on any atom is 0.219 e. The summed E-state index contributed by atoms with van der Waals surface area (Å²) in [4.78, 5) is 13.1. The van der Waals surface area contributed by atoms with E-state index in [0.717, 1.165) is 25.6 Å². The first-order valence-electron chi connectivity index (χ1n) is 4.27. The van der Waals surface area contributed by atoms with Crippen molar-refractivity contribution in [1.82, 2.24) is 10.2 Å². The van der Waals surface area contributed by atoms with E-state index in [9.17, 15) is 4.79 Å². The summed E-state index contributed by atoms with van der Waals surface area (Å²) in [5, 5.41) is 3.32. The highest BCUT2D eigenvalue weighted by Gasteiger charge is 2.38. The Kier molecular flexibility index (Phi) is 1.60. The lowest BCUT2D eigenvalue weighted by Crippen LogP contribution is -2.37. The van der Waals surface area contributed by atoms with Gasteiger partial charge in [-0.15, -0.1) is 0 Å². The summed E-state index contributed by atoms with van der Waals surface area (Å²) in [5.41, 5.74) is 0. The van der Waals surface area contributed by atoms with E-state index in [-0.39, 0.29) is 5.91 Å². The fourth-order valence-corrected chi connectivity index (χ4v) is 2.24. The van der Waals surface area contributed by atoms with Gasteiger partial charge in [-0.1, -0.05) is 0 Å². The summed E-state index contributed by atoms with van der Waals surface area (Å²) in [5.74, 6) is 0.972. The summed E-state index contributed by atoms with van der Waals surface area (Å²) >= 11 is 0. The predicted octanol–water partition coefficient (Wildman–Crippen LogP) is -0.173. The van der Waals surface area contributed by atoms with Gasteiger partial charge in [-0.05, 0) is 12.3 Å². The molecule has 0 bridgehead atoms. The zero-order valence-electron chi connectivity index (χ0n) is 6.84. The number of likely N-dealkylation sites (tertiary alicyclic amines) is 1. The maximum atomic E-state index is 11.1. The first kappa shape index (κ1) is 7.10. The van der Waals surface area contributed by atoms with Gasteiger partial charge in [-0.25, -0.2) is 0 Å². The molecule has 2 rings (SSSR count). The van der Waals surface area contributed by atoms with Crippen LogP contribution in [-0.4, -0.2) is 36.5 Å². The molecular formula is C8H14N2O. The van der Waals surface area contributed by atoms with Crippen LogP contribution in [-0.2, 0) is 4.79 Å². The third-order valence-corrected chi connectivity index (χ3v) is 2.85. The van der Waals surface area contributed by atoms with E-state index >= 15 is 0 Å².